The minimum atomic E-state index is -0.0645. The second-order valence-electron chi connectivity index (χ2n) is 6.97. The molecule has 0 saturated carbocycles. The third-order valence-electron chi connectivity index (χ3n) is 5.14. The molecule has 2 atom stereocenters. The first kappa shape index (κ1) is 22.9. The molecule has 1 amide bonds. The van der Waals surface area contributed by atoms with Crippen LogP contribution in [0.1, 0.15) is 17.0 Å². The van der Waals surface area contributed by atoms with Crippen molar-refractivity contribution in [1.82, 2.24) is 25.4 Å². The summed E-state index contributed by atoms with van der Waals surface area (Å²) < 4.78 is 1.78. The van der Waals surface area contributed by atoms with E-state index in [1.807, 2.05) is 31.6 Å². The van der Waals surface area contributed by atoms with Crippen molar-refractivity contribution < 1.29 is 4.79 Å². The smallest absolute Gasteiger partial charge is 0.225 e. The zero-order chi connectivity index (χ0) is 18.6. The molecule has 3 aromatic rings. The Kier molecular flexibility index (Phi) is 8.20. The summed E-state index contributed by atoms with van der Waals surface area (Å²) in [6.45, 7) is 2.04. The third-order valence-corrected chi connectivity index (χ3v) is 5.14. The van der Waals surface area contributed by atoms with Crippen LogP contribution >= 0.6 is 24.8 Å². The largest absolute Gasteiger partial charge is 0.352 e. The number of halogens is 2. The van der Waals surface area contributed by atoms with Crippen molar-refractivity contribution in [3.05, 3.63) is 72.3 Å². The van der Waals surface area contributed by atoms with Crippen molar-refractivity contribution in [3.63, 3.8) is 0 Å². The lowest BCUT2D eigenvalue weighted by Gasteiger charge is -2.17. The monoisotopic (exact) mass is 433 g/mol. The molecule has 0 aliphatic carbocycles. The van der Waals surface area contributed by atoms with Gasteiger partial charge in [0.15, 0.2) is 0 Å². The fourth-order valence-electron chi connectivity index (χ4n) is 3.62. The molecule has 6 nitrogen and oxygen atoms in total. The topological polar surface area (TPSA) is 71.8 Å². The molecule has 1 saturated heterocycles. The Labute approximate surface area is 182 Å². The highest BCUT2D eigenvalue weighted by atomic mass is 35.5. The van der Waals surface area contributed by atoms with Crippen LogP contribution in [0, 0.1) is 5.92 Å². The van der Waals surface area contributed by atoms with E-state index >= 15 is 0 Å². The van der Waals surface area contributed by atoms with Crippen LogP contribution in [0.4, 0.5) is 0 Å². The Morgan fingerprint density at radius 3 is 2.45 bits per heavy atom. The van der Waals surface area contributed by atoms with Crippen LogP contribution in [0.3, 0.4) is 0 Å². The number of aromatic nitrogens is 3. The van der Waals surface area contributed by atoms with Gasteiger partial charge in [-0.15, -0.1) is 24.8 Å². The molecule has 4 rings (SSSR count). The number of hydrogen-bond acceptors (Lipinski definition) is 4. The van der Waals surface area contributed by atoms with Gasteiger partial charge in [-0.1, -0.05) is 24.3 Å². The van der Waals surface area contributed by atoms with Crippen molar-refractivity contribution in [3.8, 4) is 11.1 Å². The van der Waals surface area contributed by atoms with E-state index in [0.717, 1.165) is 28.8 Å². The Hall–Kier alpha value is -2.41. The molecule has 0 radical (unpaired) electrons. The maximum absolute atomic E-state index is 12.7. The SMILES string of the molecule is Cl.Cl.Cn1cc([C@H]2CNC[C@@H]2C(=O)NCc2ccc(-c3ccncc3)cc2)cn1. The minimum Gasteiger partial charge on any atom is -0.352 e. The van der Waals surface area contributed by atoms with Gasteiger partial charge in [-0.2, -0.15) is 5.10 Å². The Bertz CT molecular complexity index is 914. The second kappa shape index (κ2) is 10.4. The van der Waals surface area contributed by atoms with Crippen LogP contribution in [0.15, 0.2) is 61.2 Å². The summed E-state index contributed by atoms with van der Waals surface area (Å²) in [5, 5.41) is 10.7. The predicted octanol–water partition coefficient (Wildman–Crippen LogP) is 2.95. The molecule has 2 N–H and O–H groups in total. The molecule has 8 heteroatoms. The molecule has 1 fully saturated rings. The standard InChI is InChI=1S/C21H23N5O.2ClH/c1-26-14-18(11-25-26)19-12-23-13-20(19)21(27)24-10-15-2-4-16(5-3-15)17-6-8-22-9-7-17;;/h2-9,11,14,19-20,23H,10,12-13H2,1H3,(H,24,27);2*1H/t19-,20+;;/m1../s1. The van der Waals surface area contributed by atoms with E-state index in [2.05, 4.69) is 45.0 Å². The van der Waals surface area contributed by atoms with Crippen molar-refractivity contribution >= 4 is 30.7 Å². The molecule has 3 heterocycles. The molecule has 1 aliphatic rings. The van der Waals surface area contributed by atoms with Crippen LogP contribution < -0.4 is 10.6 Å². The summed E-state index contributed by atoms with van der Waals surface area (Å²) in [4.78, 5) is 16.8. The molecule has 0 spiro atoms. The van der Waals surface area contributed by atoms with Crippen molar-refractivity contribution in [2.24, 2.45) is 13.0 Å². The molecule has 0 unspecified atom stereocenters. The quantitative estimate of drug-likeness (QED) is 0.648. The first-order chi connectivity index (χ1) is 13.2. The number of nitrogens with zero attached hydrogens (tertiary/aromatic N) is 3. The van der Waals surface area contributed by atoms with Gasteiger partial charge in [-0.25, -0.2) is 0 Å². The Balaban J connectivity index is 0.00000150. The Morgan fingerprint density at radius 1 is 1.10 bits per heavy atom. The highest BCUT2D eigenvalue weighted by Crippen LogP contribution is 2.28. The molecule has 154 valence electrons. The lowest BCUT2D eigenvalue weighted by atomic mass is 9.90. The first-order valence-corrected chi connectivity index (χ1v) is 9.17. The van der Waals surface area contributed by atoms with Crippen molar-refractivity contribution in [2.75, 3.05) is 13.1 Å². The summed E-state index contributed by atoms with van der Waals surface area (Å²) in [6, 6.07) is 12.2. The van der Waals surface area contributed by atoms with Gasteiger partial charge >= 0.3 is 0 Å². The highest BCUT2D eigenvalue weighted by molar-refractivity contribution is 5.85. The van der Waals surface area contributed by atoms with Gasteiger partial charge < -0.3 is 10.6 Å². The van der Waals surface area contributed by atoms with Gasteiger partial charge in [-0.05, 0) is 34.4 Å². The zero-order valence-electron chi connectivity index (χ0n) is 16.1. The van der Waals surface area contributed by atoms with E-state index in [1.165, 1.54) is 0 Å². The zero-order valence-corrected chi connectivity index (χ0v) is 17.7. The maximum atomic E-state index is 12.7. The number of carbonyl (C=O) groups excluding carboxylic acids is 1. The Morgan fingerprint density at radius 2 is 1.79 bits per heavy atom. The molecular formula is C21H25Cl2N5O. The number of aryl methyl sites for hydroxylation is 1. The van der Waals surface area contributed by atoms with E-state index < -0.39 is 0 Å². The summed E-state index contributed by atoms with van der Waals surface area (Å²) in [5.74, 6) is 0.199. The summed E-state index contributed by atoms with van der Waals surface area (Å²) in [5.41, 5.74) is 4.48. The lowest BCUT2D eigenvalue weighted by molar-refractivity contribution is -0.125. The number of carbonyl (C=O) groups is 1. The van der Waals surface area contributed by atoms with Crippen LogP contribution in [-0.2, 0) is 18.4 Å². The number of benzene rings is 1. The van der Waals surface area contributed by atoms with E-state index in [1.54, 1.807) is 17.1 Å². The normalized spacial score (nSPS) is 17.8. The van der Waals surface area contributed by atoms with Gasteiger partial charge in [0.2, 0.25) is 5.91 Å². The van der Waals surface area contributed by atoms with Crippen LogP contribution in [0.5, 0.6) is 0 Å². The minimum absolute atomic E-state index is 0. The van der Waals surface area contributed by atoms with E-state index in [-0.39, 0.29) is 42.6 Å². The highest BCUT2D eigenvalue weighted by Gasteiger charge is 2.34. The molecule has 1 aliphatic heterocycles. The number of hydrogen-bond donors (Lipinski definition) is 2. The van der Waals surface area contributed by atoms with Crippen molar-refractivity contribution in [1.29, 1.82) is 0 Å². The molecule has 29 heavy (non-hydrogen) atoms. The first-order valence-electron chi connectivity index (χ1n) is 9.17. The van der Waals surface area contributed by atoms with Gasteiger partial charge in [0, 0.05) is 51.2 Å². The maximum Gasteiger partial charge on any atom is 0.225 e. The van der Waals surface area contributed by atoms with Gasteiger partial charge in [0.25, 0.3) is 0 Å². The average Bonchev–Trinajstić information content (AvgIpc) is 3.36. The predicted molar refractivity (Wildman–Crippen MR) is 118 cm³/mol. The summed E-state index contributed by atoms with van der Waals surface area (Å²) in [6.07, 6.45) is 7.43. The lowest BCUT2D eigenvalue weighted by Crippen LogP contribution is -2.33. The van der Waals surface area contributed by atoms with E-state index in [0.29, 0.717) is 13.1 Å². The van der Waals surface area contributed by atoms with Crippen LogP contribution in [-0.4, -0.2) is 33.8 Å². The van der Waals surface area contributed by atoms with Crippen molar-refractivity contribution in [2.45, 2.75) is 12.5 Å². The van der Waals surface area contributed by atoms with Crippen LogP contribution in [0.25, 0.3) is 11.1 Å². The number of rotatable bonds is 5. The summed E-state index contributed by atoms with van der Waals surface area (Å²) >= 11 is 0. The van der Waals surface area contributed by atoms with Gasteiger partial charge in [0.05, 0.1) is 12.1 Å². The number of nitrogens with one attached hydrogen (secondary N) is 2. The molecule has 1 aromatic carbocycles. The third kappa shape index (κ3) is 5.35. The number of pyridine rings is 1. The molecule has 2 aromatic heterocycles. The fourth-order valence-corrected chi connectivity index (χ4v) is 3.62. The fraction of sp³-hybridized carbons (Fsp3) is 0.286. The summed E-state index contributed by atoms with van der Waals surface area (Å²) in [7, 11) is 1.90. The average molecular weight is 434 g/mol. The number of amides is 1. The van der Waals surface area contributed by atoms with E-state index in [4.69, 9.17) is 0 Å². The molecular weight excluding hydrogens is 409 g/mol. The van der Waals surface area contributed by atoms with Gasteiger partial charge in [0.1, 0.15) is 0 Å². The van der Waals surface area contributed by atoms with E-state index in [9.17, 15) is 4.79 Å². The van der Waals surface area contributed by atoms with Gasteiger partial charge in [-0.3, -0.25) is 14.5 Å². The van der Waals surface area contributed by atoms with Crippen LogP contribution in [0.2, 0.25) is 0 Å². The molecule has 0 bridgehead atoms. The second-order valence-corrected chi connectivity index (χ2v) is 6.97.